The molecule has 1 rings (SSSR count). The monoisotopic (exact) mass is 319 g/mol. The van der Waals surface area contributed by atoms with Crippen LogP contribution in [0.3, 0.4) is 0 Å². The number of rotatable bonds is 7. The van der Waals surface area contributed by atoms with E-state index in [2.05, 4.69) is 4.72 Å². The molecule has 0 aromatic heterocycles. The van der Waals surface area contributed by atoms with E-state index >= 15 is 0 Å². The van der Waals surface area contributed by atoms with E-state index in [0.717, 1.165) is 18.2 Å². The molecule has 1 aromatic carbocycles. The second-order valence-corrected chi connectivity index (χ2v) is 6.22. The summed E-state index contributed by atoms with van der Waals surface area (Å²) in [5.41, 5.74) is -2.01. The van der Waals surface area contributed by atoms with Crippen LogP contribution in [0.5, 0.6) is 5.75 Å². The fourth-order valence-corrected chi connectivity index (χ4v) is 3.09. The average Bonchev–Trinajstić information content (AvgIpc) is 2.44. The molecule has 0 saturated heterocycles. The molecule has 1 aromatic rings. The van der Waals surface area contributed by atoms with E-state index < -0.39 is 51.0 Å². The lowest BCUT2D eigenvalue weighted by molar-refractivity contribution is 0.0693. The fourth-order valence-electron chi connectivity index (χ4n) is 1.61. The summed E-state index contributed by atoms with van der Waals surface area (Å²) in [6.45, 7) is 0.334. The quantitative estimate of drug-likeness (QED) is 0.455. The largest absolute Gasteiger partial charge is 0.507 e. The van der Waals surface area contributed by atoms with Crippen molar-refractivity contribution in [2.75, 3.05) is 13.2 Å². The minimum absolute atomic E-state index is 0.128. The molecular weight excluding hydrogens is 302 g/mol. The summed E-state index contributed by atoms with van der Waals surface area (Å²) in [7, 11) is -4.17. The van der Waals surface area contributed by atoms with Gasteiger partial charge in [-0.1, -0.05) is 6.92 Å². The molecule has 0 fully saturated rings. The van der Waals surface area contributed by atoms with Crippen LogP contribution in [0.1, 0.15) is 23.7 Å². The zero-order valence-electron chi connectivity index (χ0n) is 11.3. The molecule has 0 amide bonds. The van der Waals surface area contributed by atoms with Gasteiger partial charge in [0.15, 0.2) is 0 Å². The van der Waals surface area contributed by atoms with Gasteiger partial charge >= 0.3 is 5.97 Å². The minimum Gasteiger partial charge on any atom is -0.507 e. The van der Waals surface area contributed by atoms with Crippen molar-refractivity contribution in [1.29, 1.82) is 0 Å². The zero-order valence-corrected chi connectivity index (χ0v) is 12.1. The Morgan fingerprint density at radius 3 is 2.29 bits per heavy atom. The first-order valence-electron chi connectivity index (χ1n) is 6.03. The molecule has 5 N–H and O–H groups in total. The number of hydrogen-bond donors (Lipinski definition) is 5. The summed E-state index contributed by atoms with van der Waals surface area (Å²) in [5.74, 6) is -2.04. The van der Waals surface area contributed by atoms with Crippen molar-refractivity contribution in [2.45, 2.75) is 23.8 Å². The first-order valence-corrected chi connectivity index (χ1v) is 7.51. The Balaban J connectivity index is 3.26. The van der Waals surface area contributed by atoms with Gasteiger partial charge in [-0.3, -0.25) is 0 Å². The normalized spacial score (nSPS) is 12.3. The number of aliphatic hydroxyl groups is 2. The van der Waals surface area contributed by atoms with Crippen LogP contribution in [-0.2, 0) is 10.0 Å². The third-order valence-electron chi connectivity index (χ3n) is 3.14. The van der Waals surface area contributed by atoms with Crippen molar-refractivity contribution in [3.63, 3.8) is 0 Å². The van der Waals surface area contributed by atoms with Gasteiger partial charge in [0, 0.05) is 0 Å². The number of nitrogens with one attached hydrogen (secondary N) is 1. The third-order valence-corrected chi connectivity index (χ3v) is 4.72. The van der Waals surface area contributed by atoms with E-state index in [4.69, 9.17) is 5.11 Å². The van der Waals surface area contributed by atoms with Gasteiger partial charge in [-0.2, -0.15) is 0 Å². The van der Waals surface area contributed by atoms with Gasteiger partial charge < -0.3 is 20.4 Å². The van der Waals surface area contributed by atoms with Crippen LogP contribution in [0, 0.1) is 0 Å². The van der Waals surface area contributed by atoms with Gasteiger partial charge in [0.2, 0.25) is 10.0 Å². The second-order valence-electron chi connectivity index (χ2n) is 4.54. The molecule has 0 aliphatic rings. The summed E-state index contributed by atoms with van der Waals surface area (Å²) in [6.07, 6.45) is 0.128. The topological polar surface area (TPSA) is 144 Å². The van der Waals surface area contributed by atoms with Crippen LogP contribution >= 0.6 is 0 Å². The average molecular weight is 319 g/mol. The molecule has 118 valence electrons. The van der Waals surface area contributed by atoms with Crippen LogP contribution in [0.15, 0.2) is 23.1 Å². The van der Waals surface area contributed by atoms with E-state index in [0.29, 0.717) is 0 Å². The van der Waals surface area contributed by atoms with E-state index in [9.17, 15) is 28.5 Å². The van der Waals surface area contributed by atoms with Crippen molar-refractivity contribution < 1.29 is 33.6 Å². The standard InChI is InChI=1S/C12H17NO7S/c1-2-12(6-14,7-15)13-21(19,20)8-3-4-10(16)9(5-8)11(17)18/h3-5,13-16H,2,6-7H2,1H3,(H,17,18). The predicted molar refractivity (Wildman–Crippen MR) is 72.6 cm³/mol. The molecule has 0 heterocycles. The SMILES string of the molecule is CCC(CO)(CO)NS(=O)(=O)c1ccc(O)c(C(=O)O)c1. The van der Waals surface area contributed by atoms with Crippen LogP contribution in [0.4, 0.5) is 0 Å². The lowest BCUT2D eigenvalue weighted by Crippen LogP contribution is -2.53. The molecule has 8 nitrogen and oxygen atoms in total. The summed E-state index contributed by atoms with van der Waals surface area (Å²) >= 11 is 0. The molecule has 0 aliphatic carbocycles. The molecule has 0 aliphatic heterocycles. The van der Waals surface area contributed by atoms with E-state index in [-0.39, 0.29) is 6.42 Å². The van der Waals surface area contributed by atoms with Crippen LogP contribution in [0.2, 0.25) is 0 Å². The summed E-state index contributed by atoms with van der Waals surface area (Å²) in [4.78, 5) is 10.5. The highest BCUT2D eigenvalue weighted by Gasteiger charge is 2.33. The number of carbonyl (C=O) groups is 1. The Morgan fingerprint density at radius 1 is 1.29 bits per heavy atom. The smallest absolute Gasteiger partial charge is 0.339 e. The molecule has 21 heavy (non-hydrogen) atoms. The first-order chi connectivity index (χ1) is 9.71. The molecule has 0 spiro atoms. The van der Waals surface area contributed by atoms with Gasteiger partial charge in [-0.15, -0.1) is 0 Å². The maximum atomic E-state index is 12.2. The molecule has 0 bridgehead atoms. The maximum absolute atomic E-state index is 12.2. The Kier molecular flexibility index (Phi) is 5.29. The second kappa shape index (κ2) is 6.39. The lowest BCUT2D eigenvalue weighted by atomic mass is 10.0. The number of aromatic carboxylic acids is 1. The predicted octanol–water partition coefficient (Wildman–Crippen LogP) is -0.498. The van der Waals surface area contributed by atoms with E-state index in [1.165, 1.54) is 0 Å². The van der Waals surface area contributed by atoms with Gasteiger partial charge in [-0.05, 0) is 24.6 Å². The van der Waals surface area contributed by atoms with E-state index in [1.54, 1.807) is 6.92 Å². The minimum atomic E-state index is -4.17. The number of aromatic hydroxyl groups is 1. The van der Waals surface area contributed by atoms with Crippen molar-refractivity contribution in [3.05, 3.63) is 23.8 Å². The molecule has 0 radical (unpaired) electrons. The molecule has 9 heteroatoms. The van der Waals surface area contributed by atoms with Gasteiger partial charge in [-0.25, -0.2) is 17.9 Å². The van der Waals surface area contributed by atoms with E-state index in [1.807, 2.05) is 0 Å². The van der Waals surface area contributed by atoms with Crippen LogP contribution in [0.25, 0.3) is 0 Å². The molecule has 0 saturated carbocycles. The summed E-state index contributed by atoms with van der Waals surface area (Å²) in [5, 5.41) is 36.7. The Bertz CT molecular complexity index is 614. The Hall–Kier alpha value is -1.68. The van der Waals surface area contributed by atoms with Crippen LogP contribution in [-0.4, -0.2) is 53.6 Å². The fraction of sp³-hybridized carbons (Fsp3) is 0.417. The maximum Gasteiger partial charge on any atom is 0.339 e. The van der Waals surface area contributed by atoms with Crippen molar-refractivity contribution >= 4 is 16.0 Å². The number of carboxylic acids is 1. The Morgan fingerprint density at radius 2 is 1.86 bits per heavy atom. The van der Waals surface area contributed by atoms with Gasteiger partial charge in [0.25, 0.3) is 0 Å². The summed E-state index contributed by atoms with van der Waals surface area (Å²) in [6, 6.07) is 2.78. The summed E-state index contributed by atoms with van der Waals surface area (Å²) < 4.78 is 26.6. The number of phenols is 1. The Labute approximate surface area is 121 Å². The lowest BCUT2D eigenvalue weighted by Gasteiger charge is -2.29. The highest BCUT2D eigenvalue weighted by molar-refractivity contribution is 7.89. The van der Waals surface area contributed by atoms with Gasteiger partial charge in [0.05, 0.1) is 23.6 Å². The highest BCUT2D eigenvalue weighted by atomic mass is 32.2. The zero-order chi connectivity index (χ0) is 16.3. The third kappa shape index (κ3) is 3.70. The van der Waals surface area contributed by atoms with Gasteiger partial charge in [0.1, 0.15) is 11.3 Å². The van der Waals surface area contributed by atoms with Crippen LogP contribution < -0.4 is 4.72 Å². The number of hydrogen-bond acceptors (Lipinski definition) is 6. The first kappa shape index (κ1) is 17.4. The number of aliphatic hydroxyl groups excluding tert-OH is 2. The van der Waals surface area contributed by atoms with Crippen molar-refractivity contribution in [2.24, 2.45) is 0 Å². The molecule has 0 atom stereocenters. The highest BCUT2D eigenvalue weighted by Crippen LogP contribution is 2.23. The number of sulfonamides is 1. The molecular formula is C12H17NO7S. The van der Waals surface area contributed by atoms with Crippen molar-refractivity contribution in [3.8, 4) is 5.75 Å². The number of benzene rings is 1. The number of carboxylic acid groups (broad SMARTS) is 1. The van der Waals surface area contributed by atoms with Crippen molar-refractivity contribution in [1.82, 2.24) is 4.72 Å². The molecule has 0 unspecified atom stereocenters.